The first-order valence-corrected chi connectivity index (χ1v) is 9.96. The van der Waals surface area contributed by atoms with E-state index in [1.54, 1.807) is 24.5 Å². The number of fused-ring (bicyclic) bond motifs is 1. The first-order valence-electron chi connectivity index (χ1n) is 9.96. The standard InChI is InChI=1S/C21H24FN7O.HI/c1-2-23-21(24-9-7-14-13-26-17-6-5-15(22)12-16(14)17)25-10-8-19-27-20(29-28-19)18-4-3-11-30-18;/h3-6,11-13,26H,2,7-10H2,1H3,(H2,23,24,25)(H,27,28,29);1H. The van der Waals surface area contributed by atoms with Crippen LogP contribution in [0.1, 0.15) is 18.3 Å². The molecule has 0 saturated carbocycles. The van der Waals surface area contributed by atoms with Crippen LogP contribution >= 0.6 is 24.0 Å². The highest BCUT2D eigenvalue weighted by Crippen LogP contribution is 2.19. The smallest absolute Gasteiger partial charge is 0.216 e. The highest BCUT2D eigenvalue weighted by atomic mass is 127. The van der Waals surface area contributed by atoms with Gasteiger partial charge in [-0.25, -0.2) is 9.37 Å². The van der Waals surface area contributed by atoms with Gasteiger partial charge >= 0.3 is 0 Å². The minimum atomic E-state index is -0.228. The van der Waals surface area contributed by atoms with Crippen LogP contribution in [0.3, 0.4) is 0 Å². The maximum absolute atomic E-state index is 13.5. The van der Waals surface area contributed by atoms with E-state index in [9.17, 15) is 4.39 Å². The van der Waals surface area contributed by atoms with Gasteiger partial charge in [0.05, 0.1) is 6.26 Å². The monoisotopic (exact) mass is 537 g/mol. The lowest BCUT2D eigenvalue weighted by Gasteiger charge is -2.11. The van der Waals surface area contributed by atoms with E-state index >= 15 is 0 Å². The van der Waals surface area contributed by atoms with Crippen molar-refractivity contribution in [2.24, 2.45) is 4.99 Å². The number of nitrogens with zero attached hydrogens (tertiary/aromatic N) is 3. The second-order valence-corrected chi connectivity index (χ2v) is 6.77. The molecule has 0 saturated heterocycles. The van der Waals surface area contributed by atoms with Gasteiger partial charge in [-0.1, -0.05) is 0 Å². The third kappa shape index (κ3) is 5.84. The summed E-state index contributed by atoms with van der Waals surface area (Å²) in [5, 5.41) is 14.5. The van der Waals surface area contributed by atoms with E-state index in [1.165, 1.54) is 6.07 Å². The molecule has 4 aromatic rings. The van der Waals surface area contributed by atoms with Crippen molar-refractivity contribution >= 4 is 40.8 Å². The van der Waals surface area contributed by atoms with Crippen LogP contribution < -0.4 is 10.6 Å². The molecule has 0 aliphatic heterocycles. The maximum atomic E-state index is 13.5. The average Bonchev–Trinajstić information content (AvgIpc) is 3.49. The highest BCUT2D eigenvalue weighted by molar-refractivity contribution is 14.0. The molecule has 1 aromatic carbocycles. The third-order valence-corrected chi connectivity index (χ3v) is 4.65. The van der Waals surface area contributed by atoms with Crippen molar-refractivity contribution in [1.82, 2.24) is 30.8 Å². The summed E-state index contributed by atoms with van der Waals surface area (Å²) in [6.45, 7) is 4.02. The summed E-state index contributed by atoms with van der Waals surface area (Å²) < 4.78 is 18.8. The lowest BCUT2D eigenvalue weighted by molar-refractivity contribution is 0.577. The molecule has 4 rings (SSSR count). The third-order valence-electron chi connectivity index (χ3n) is 4.65. The molecule has 0 aliphatic rings. The van der Waals surface area contributed by atoms with Crippen molar-refractivity contribution in [2.75, 3.05) is 19.6 Å². The predicted octanol–water partition coefficient (Wildman–Crippen LogP) is 3.64. The summed E-state index contributed by atoms with van der Waals surface area (Å²) >= 11 is 0. The number of aliphatic imine (C=N–C) groups is 1. The van der Waals surface area contributed by atoms with Crippen LogP contribution in [0.2, 0.25) is 0 Å². The summed E-state index contributed by atoms with van der Waals surface area (Å²) in [5.41, 5.74) is 2.01. The summed E-state index contributed by atoms with van der Waals surface area (Å²) in [6, 6.07) is 8.41. The summed E-state index contributed by atoms with van der Waals surface area (Å²) in [6.07, 6.45) is 4.90. The van der Waals surface area contributed by atoms with E-state index in [-0.39, 0.29) is 29.8 Å². The Kier molecular flexibility index (Phi) is 8.04. The Hall–Kier alpha value is -2.89. The Labute approximate surface area is 196 Å². The van der Waals surface area contributed by atoms with Gasteiger partial charge in [-0.05, 0) is 49.2 Å². The highest BCUT2D eigenvalue weighted by Gasteiger charge is 2.08. The Balaban J connectivity index is 0.00000272. The maximum Gasteiger partial charge on any atom is 0.216 e. The molecule has 8 nitrogen and oxygen atoms in total. The van der Waals surface area contributed by atoms with Gasteiger partial charge in [0.1, 0.15) is 11.6 Å². The van der Waals surface area contributed by atoms with Gasteiger partial charge in [-0.15, -0.1) is 24.0 Å². The summed E-state index contributed by atoms with van der Waals surface area (Å²) in [4.78, 5) is 12.2. The van der Waals surface area contributed by atoms with Gasteiger partial charge in [0.15, 0.2) is 11.7 Å². The van der Waals surface area contributed by atoms with E-state index in [0.29, 0.717) is 31.1 Å². The number of furan rings is 1. The molecule has 0 unspecified atom stereocenters. The molecule has 0 fully saturated rings. The molecular formula is C21H25FIN7O. The van der Waals surface area contributed by atoms with Crippen LogP contribution in [0, 0.1) is 5.82 Å². The number of aromatic nitrogens is 4. The number of halogens is 2. The zero-order chi connectivity index (χ0) is 20.8. The molecule has 164 valence electrons. The quantitative estimate of drug-likeness (QED) is 0.156. The number of rotatable bonds is 8. The lowest BCUT2D eigenvalue weighted by Crippen LogP contribution is -2.38. The Bertz CT molecular complexity index is 1120. The fourth-order valence-corrected chi connectivity index (χ4v) is 3.21. The van der Waals surface area contributed by atoms with Gasteiger partial charge in [0, 0.05) is 43.2 Å². The summed E-state index contributed by atoms with van der Waals surface area (Å²) in [7, 11) is 0. The number of guanidine groups is 1. The van der Waals surface area contributed by atoms with E-state index in [2.05, 4.69) is 35.8 Å². The minimum absolute atomic E-state index is 0. The zero-order valence-electron chi connectivity index (χ0n) is 17.1. The van der Waals surface area contributed by atoms with Crippen molar-refractivity contribution in [2.45, 2.75) is 19.8 Å². The first kappa shape index (κ1) is 22.8. The molecule has 31 heavy (non-hydrogen) atoms. The van der Waals surface area contributed by atoms with Gasteiger partial charge in [-0.2, -0.15) is 5.10 Å². The number of benzene rings is 1. The predicted molar refractivity (Wildman–Crippen MR) is 129 cm³/mol. The molecule has 3 aromatic heterocycles. The lowest BCUT2D eigenvalue weighted by atomic mass is 10.1. The molecule has 0 amide bonds. The fraction of sp³-hybridized carbons (Fsp3) is 0.286. The number of aromatic amines is 2. The van der Waals surface area contributed by atoms with Crippen LogP contribution in [-0.2, 0) is 12.8 Å². The van der Waals surface area contributed by atoms with Crippen LogP contribution in [0.4, 0.5) is 4.39 Å². The summed E-state index contributed by atoms with van der Waals surface area (Å²) in [5.74, 6) is 2.43. The number of hydrogen-bond donors (Lipinski definition) is 4. The molecule has 0 aliphatic carbocycles. The van der Waals surface area contributed by atoms with Crippen LogP contribution in [0.25, 0.3) is 22.5 Å². The minimum Gasteiger partial charge on any atom is -0.461 e. The zero-order valence-corrected chi connectivity index (χ0v) is 19.4. The Morgan fingerprint density at radius 1 is 1.23 bits per heavy atom. The SMILES string of the molecule is CCNC(=NCCc1nc(-c2ccco2)n[nH]1)NCCc1c[nH]c2ccc(F)cc12.I. The van der Waals surface area contributed by atoms with E-state index < -0.39 is 0 Å². The molecule has 0 radical (unpaired) electrons. The van der Waals surface area contributed by atoms with Crippen LogP contribution in [0.5, 0.6) is 0 Å². The normalized spacial score (nSPS) is 11.5. The second kappa shape index (κ2) is 10.9. The van der Waals surface area contributed by atoms with Crippen molar-refractivity contribution in [3.05, 3.63) is 60.0 Å². The molecule has 3 heterocycles. The first-order chi connectivity index (χ1) is 14.7. The van der Waals surface area contributed by atoms with Gasteiger partial charge < -0.3 is 20.0 Å². The van der Waals surface area contributed by atoms with E-state index in [4.69, 9.17) is 4.42 Å². The number of hydrogen-bond acceptors (Lipinski definition) is 4. The van der Waals surface area contributed by atoms with Gasteiger partial charge in [0.2, 0.25) is 5.82 Å². The van der Waals surface area contributed by atoms with Crippen molar-refractivity contribution in [3.8, 4) is 11.6 Å². The molecule has 0 bridgehead atoms. The Morgan fingerprint density at radius 2 is 2.13 bits per heavy atom. The van der Waals surface area contributed by atoms with Crippen LogP contribution in [-0.4, -0.2) is 45.8 Å². The molecule has 0 atom stereocenters. The Morgan fingerprint density at radius 3 is 2.94 bits per heavy atom. The van der Waals surface area contributed by atoms with Crippen molar-refractivity contribution < 1.29 is 8.81 Å². The van der Waals surface area contributed by atoms with Gasteiger partial charge in [-0.3, -0.25) is 10.1 Å². The van der Waals surface area contributed by atoms with Gasteiger partial charge in [0.25, 0.3) is 0 Å². The van der Waals surface area contributed by atoms with Crippen molar-refractivity contribution in [3.63, 3.8) is 0 Å². The van der Waals surface area contributed by atoms with Crippen molar-refractivity contribution in [1.29, 1.82) is 0 Å². The average molecular weight is 537 g/mol. The topological polar surface area (TPSA) is 107 Å². The fourth-order valence-electron chi connectivity index (χ4n) is 3.21. The molecule has 4 N–H and O–H groups in total. The van der Waals surface area contributed by atoms with Crippen LogP contribution in [0.15, 0.2) is 52.2 Å². The molecular weight excluding hydrogens is 512 g/mol. The van der Waals surface area contributed by atoms with E-state index in [1.807, 2.05) is 19.2 Å². The largest absolute Gasteiger partial charge is 0.461 e. The number of H-pyrrole nitrogens is 2. The number of nitrogens with one attached hydrogen (secondary N) is 4. The molecule has 0 spiro atoms. The molecule has 10 heteroatoms. The van der Waals surface area contributed by atoms with E-state index in [0.717, 1.165) is 41.2 Å². The second-order valence-electron chi connectivity index (χ2n) is 6.77.